The first-order valence-electron chi connectivity index (χ1n) is 22.9. The molecule has 346 valence electrons. The molecule has 6 aromatic rings. The number of amides is 2. The van der Waals surface area contributed by atoms with Crippen molar-refractivity contribution in [2.24, 2.45) is 22.7 Å². The highest BCUT2D eigenvalue weighted by Gasteiger charge is 2.42. The van der Waals surface area contributed by atoms with Crippen LogP contribution in [0.1, 0.15) is 76.4 Å². The highest BCUT2D eigenvalue weighted by Crippen LogP contribution is 2.41. The lowest BCUT2D eigenvalue weighted by atomic mass is 9.84. The van der Waals surface area contributed by atoms with Gasteiger partial charge in [-0.25, -0.2) is 9.97 Å². The maximum absolute atomic E-state index is 13.2. The molecule has 2 aliphatic heterocycles. The minimum absolute atomic E-state index is 0.0195. The molecule has 0 bridgehead atoms. The number of ether oxygens (including phenoxy) is 2. The summed E-state index contributed by atoms with van der Waals surface area (Å²) in [6.45, 7) is 15.4. The smallest absolute Gasteiger partial charge is 0.249 e. The summed E-state index contributed by atoms with van der Waals surface area (Å²) >= 11 is 0. The third-order valence-corrected chi connectivity index (χ3v) is 12.0. The monoisotopic (exact) mass is 892 g/mol. The Balaban J connectivity index is 0.000000196. The molecular formula is C54H64N6O6. The van der Waals surface area contributed by atoms with Crippen molar-refractivity contribution in [3.8, 4) is 22.5 Å². The van der Waals surface area contributed by atoms with Gasteiger partial charge in [0.05, 0.1) is 42.6 Å². The number of aliphatic hydroxyl groups excluding tert-OH is 1. The van der Waals surface area contributed by atoms with Crippen LogP contribution in [-0.2, 0) is 36.9 Å². The van der Waals surface area contributed by atoms with Crippen LogP contribution in [0.15, 0.2) is 134 Å². The molecular weight excluding hydrogens is 829 g/mol. The predicted octanol–water partition coefficient (Wildman–Crippen LogP) is 8.51. The van der Waals surface area contributed by atoms with Crippen LogP contribution < -0.4 is 0 Å². The van der Waals surface area contributed by atoms with E-state index in [1.165, 1.54) is 5.56 Å². The second-order valence-corrected chi connectivity index (χ2v) is 19.5. The molecule has 12 heteroatoms. The van der Waals surface area contributed by atoms with Gasteiger partial charge in [0.1, 0.15) is 31.1 Å². The van der Waals surface area contributed by atoms with Crippen molar-refractivity contribution in [1.82, 2.24) is 28.9 Å². The minimum Gasteiger partial charge on any atom is -0.396 e. The number of hydrogen-bond donors (Lipinski definition) is 1. The van der Waals surface area contributed by atoms with Crippen LogP contribution in [0.5, 0.6) is 0 Å². The topological polar surface area (TPSA) is 132 Å². The van der Waals surface area contributed by atoms with Crippen molar-refractivity contribution in [2.45, 2.75) is 66.7 Å². The molecule has 4 atom stereocenters. The summed E-state index contributed by atoms with van der Waals surface area (Å²) in [5, 5.41) is 9.84. The third kappa shape index (κ3) is 11.8. The number of nitrogens with zero attached hydrogens (tertiary/aromatic N) is 6. The number of aldehydes is 1. The lowest BCUT2D eigenvalue weighted by Gasteiger charge is -2.40. The van der Waals surface area contributed by atoms with E-state index in [0.717, 1.165) is 46.0 Å². The summed E-state index contributed by atoms with van der Waals surface area (Å²) in [6, 6.07) is 40.1. The summed E-state index contributed by atoms with van der Waals surface area (Å²) in [5.74, 6) is 0.998. The van der Waals surface area contributed by atoms with Crippen molar-refractivity contribution in [1.29, 1.82) is 0 Å². The van der Waals surface area contributed by atoms with Gasteiger partial charge in [-0.1, -0.05) is 163 Å². The lowest BCUT2D eigenvalue weighted by Crippen LogP contribution is -2.45. The van der Waals surface area contributed by atoms with Crippen molar-refractivity contribution < 1.29 is 29.0 Å². The fourth-order valence-electron chi connectivity index (χ4n) is 8.90. The number of carbonyl (C=O) groups is 3. The van der Waals surface area contributed by atoms with E-state index in [-0.39, 0.29) is 73.0 Å². The van der Waals surface area contributed by atoms with Gasteiger partial charge < -0.3 is 38.3 Å². The Morgan fingerprint density at radius 3 is 1.39 bits per heavy atom. The normalized spacial score (nSPS) is 18.2. The second-order valence-electron chi connectivity index (χ2n) is 19.5. The Labute approximate surface area is 389 Å². The van der Waals surface area contributed by atoms with E-state index in [1.54, 1.807) is 4.90 Å². The number of aliphatic hydroxyl groups is 1. The van der Waals surface area contributed by atoms with E-state index >= 15 is 0 Å². The molecule has 4 unspecified atom stereocenters. The standard InChI is InChI=1S/C27H33N3O3.C27H31N3O3/c2*1-27(2,3)25(30-15-21(17-31)18-33-19-24(30)32)26-28-23(22-12-8-5-9-13-22)16-29(26)14-20-10-6-4-7-11-20/h4-13,16,21,25,31H,14-15,17-19H2,1-3H3;4-13,16-17,21,25H,14-15,18-19H2,1-3H3. The molecule has 2 aliphatic rings. The second kappa shape index (κ2) is 21.4. The van der Waals surface area contributed by atoms with Crippen LogP contribution in [0, 0.1) is 22.7 Å². The molecule has 4 aromatic carbocycles. The van der Waals surface area contributed by atoms with E-state index in [4.69, 9.17) is 19.4 Å². The van der Waals surface area contributed by atoms with E-state index in [9.17, 15) is 19.5 Å². The summed E-state index contributed by atoms with van der Waals surface area (Å²) in [7, 11) is 0. The summed E-state index contributed by atoms with van der Waals surface area (Å²) in [4.78, 5) is 51.8. The van der Waals surface area contributed by atoms with Crippen LogP contribution in [0.2, 0.25) is 0 Å². The van der Waals surface area contributed by atoms with Gasteiger partial charge in [0.2, 0.25) is 11.8 Å². The van der Waals surface area contributed by atoms with Gasteiger partial charge in [0.15, 0.2) is 0 Å². The number of hydrogen-bond acceptors (Lipinski definition) is 8. The molecule has 2 amide bonds. The number of aromatic nitrogens is 4. The molecule has 0 aliphatic carbocycles. The van der Waals surface area contributed by atoms with Crippen LogP contribution in [0.4, 0.5) is 0 Å². The summed E-state index contributed by atoms with van der Waals surface area (Å²) in [5.41, 5.74) is 5.53. The molecule has 2 aromatic heterocycles. The number of imidazole rings is 2. The van der Waals surface area contributed by atoms with Gasteiger partial charge >= 0.3 is 0 Å². The van der Waals surface area contributed by atoms with Crippen molar-refractivity contribution in [2.75, 3.05) is 46.1 Å². The minimum atomic E-state index is -0.354. The van der Waals surface area contributed by atoms with Crippen LogP contribution in [0.3, 0.4) is 0 Å². The van der Waals surface area contributed by atoms with Crippen molar-refractivity contribution >= 4 is 18.1 Å². The van der Waals surface area contributed by atoms with E-state index in [0.29, 0.717) is 32.8 Å². The molecule has 1 N–H and O–H groups in total. The number of rotatable bonds is 12. The summed E-state index contributed by atoms with van der Waals surface area (Å²) < 4.78 is 15.4. The Hall–Kier alpha value is -6.21. The average molecular weight is 893 g/mol. The van der Waals surface area contributed by atoms with Crippen molar-refractivity contribution in [3.63, 3.8) is 0 Å². The van der Waals surface area contributed by atoms with Gasteiger partial charge in [-0.2, -0.15) is 0 Å². The Morgan fingerprint density at radius 2 is 1.00 bits per heavy atom. The first-order valence-corrected chi connectivity index (χ1v) is 22.9. The SMILES string of the molecule is CC(C)(C)C(c1nc(-c2ccccc2)cn1Cc1ccccc1)N1CC(C=O)COCC1=O.CC(C)(C)C(c1nc(-c2ccccc2)cn1Cc1ccccc1)N1CC(CO)COCC1=O. The maximum atomic E-state index is 13.2. The quantitative estimate of drug-likeness (QED) is 0.121. The van der Waals surface area contributed by atoms with E-state index < -0.39 is 0 Å². The number of benzene rings is 4. The molecule has 0 spiro atoms. The third-order valence-electron chi connectivity index (χ3n) is 12.0. The summed E-state index contributed by atoms with van der Waals surface area (Å²) in [6.07, 6.45) is 5.03. The Morgan fingerprint density at radius 1 is 0.606 bits per heavy atom. The molecule has 0 saturated carbocycles. The molecule has 4 heterocycles. The van der Waals surface area contributed by atoms with Gasteiger partial charge in [0.25, 0.3) is 0 Å². The fraction of sp³-hybridized carbons (Fsp3) is 0.389. The Bertz CT molecular complexity index is 2490. The maximum Gasteiger partial charge on any atom is 0.249 e. The number of carbonyl (C=O) groups excluding carboxylic acids is 3. The lowest BCUT2D eigenvalue weighted by molar-refractivity contribution is -0.139. The molecule has 0 radical (unpaired) electrons. The molecule has 8 rings (SSSR count). The van der Waals surface area contributed by atoms with Gasteiger partial charge in [-0.05, 0) is 22.0 Å². The van der Waals surface area contributed by atoms with Gasteiger partial charge in [-0.3, -0.25) is 9.59 Å². The average Bonchev–Trinajstić information content (AvgIpc) is 3.79. The fourth-order valence-corrected chi connectivity index (χ4v) is 8.90. The van der Waals surface area contributed by atoms with E-state index in [1.807, 2.05) is 89.8 Å². The van der Waals surface area contributed by atoms with Gasteiger partial charge in [-0.15, -0.1) is 0 Å². The first-order chi connectivity index (χ1) is 31.7. The largest absolute Gasteiger partial charge is 0.396 e. The zero-order valence-electron chi connectivity index (χ0n) is 39.1. The molecule has 2 fully saturated rings. The highest BCUT2D eigenvalue weighted by molar-refractivity contribution is 5.79. The zero-order chi connectivity index (χ0) is 46.8. The Kier molecular flexibility index (Phi) is 15.5. The van der Waals surface area contributed by atoms with Crippen LogP contribution >= 0.6 is 0 Å². The zero-order valence-corrected chi connectivity index (χ0v) is 39.1. The molecule has 12 nitrogen and oxygen atoms in total. The van der Waals surface area contributed by atoms with Crippen LogP contribution in [-0.4, -0.2) is 98.2 Å². The molecule has 66 heavy (non-hydrogen) atoms. The van der Waals surface area contributed by atoms with Crippen LogP contribution in [0.25, 0.3) is 22.5 Å². The first kappa shape index (κ1) is 47.7. The van der Waals surface area contributed by atoms with Crippen molar-refractivity contribution in [3.05, 3.63) is 156 Å². The highest BCUT2D eigenvalue weighted by atomic mass is 16.5. The van der Waals surface area contributed by atoms with E-state index in [2.05, 4.69) is 99.5 Å². The predicted molar refractivity (Wildman–Crippen MR) is 256 cm³/mol. The van der Waals surface area contributed by atoms with Gasteiger partial charge in [0, 0.05) is 62.2 Å². The molecule has 2 saturated heterocycles.